The number of ether oxygens (including phenoxy) is 1. The van der Waals surface area contributed by atoms with Crippen molar-refractivity contribution >= 4 is 17.3 Å². The number of furan rings is 1. The van der Waals surface area contributed by atoms with Crippen LogP contribution in [0.3, 0.4) is 0 Å². The van der Waals surface area contributed by atoms with Gasteiger partial charge in [-0.1, -0.05) is 12.1 Å². The highest BCUT2D eigenvalue weighted by atomic mass is 32.1. The van der Waals surface area contributed by atoms with Crippen LogP contribution in [0.2, 0.25) is 0 Å². The largest absolute Gasteiger partial charge is 0.459 e. The first kappa shape index (κ1) is 19.0. The molecule has 0 aliphatic heterocycles. The summed E-state index contributed by atoms with van der Waals surface area (Å²) in [7, 11) is 0. The summed E-state index contributed by atoms with van der Waals surface area (Å²) in [6.07, 6.45) is -0.182. The fraction of sp³-hybridized carbons (Fsp3) is 0.250. The van der Waals surface area contributed by atoms with Crippen LogP contribution in [0.25, 0.3) is 22.2 Å². The Labute approximate surface area is 171 Å². The lowest BCUT2D eigenvalue weighted by atomic mass is 10.1. The fourth-order valence-corrected chi connectivity index (χ4v) is 3.45. The van der Waals surface area contributed by atoms with Crippen LogP contribution < -0.4 is 0 Å². The van der Waals surface area contributed by atoms with E-state index >= 15 is 0 Å². The third-order valence-corrected chi connectivity index (χ3v) is 4.86. The number of carbonyl (C=O) groups excluding carboxylic acids is 1. The molecule has 0 N–H and O–H groups in total. The molecule has 0 radical (unpaired) electrons. The summed E-state index contributed by atoms with van der Waals surface area (Å²) in [6, 6.07) is 10.8. The van der Waals surface area contributed by atoms with Crippen molar-refractivity contribution in [3.8, 4) is 22.2 Å². The molecule has 148 valence electrons. The van der Waals surface area contributed by atoms with E-state index in [0.717, 1.165) is 22.2 Å². The highest BCUT2D eigenvalue weighted by Gasteiger charge is 2.14. The van der Waals surface area contributed by atoms with Crippen molar-refractivity contribution in [3.63, 3.8) is 0 Å². The zero-order chi connectivity index (χ0) is 20.4. The molecule has 3 aromatic heterocycles. The molecule has 0 spiro atoms. The predicted molar refractivity (Wildman–Crippen MR) is 107 cm³/mol. The average Bonchev–Trinajstić information content (AvgIpc) is 3.43. The topological polar surface area (TPSA) is 95.9 Å². The second-order valence-corrected chi connectivity index (χ2v) is 7.59. The van der Waals surface area contributed by atoms with Gasteiger partial charge in [0.2, 0.25) is 5.82 Å². The van der Waals surface area contributed by atoms with Gasteiger partial charge in [0.15, 0.2) is 10.8 Å². The lowest BCUT2D eigenvalue weighted by Crippen LogP contribution is -2.11. The minimum absolute atomic E-state index is 0.182. The predicted octanol–water partition coefficient (Wildman–Crippen LogP) is 3.98. The van der Waals surface area contributed by atoms with Crippen molar-refractivity contribution in [2.75, 3.05) is 0 Å². The van der Waals surface area contributed by atoms with Crippen LogP contribution in [0.4, 0.5) is 0 Å². The standard InChI is InChI=1S/C20H19N5O3S/c1-12(2)27-20(26)15-6-4-5-14(9-15)18-22-24-25(23-18)10-16-11-29-19(21-16)17-8-7-13(3)28-17/h4-9,11-12H,10H2,1-3H3. The molecule has 0 fully saturated rings. The molecule has 8 nitrogen and oxygen atoms in total. The Balaban J connectivity index is 1.49. The number of benzene rings is 1. The van der Waals surface area contributed by atoms with E-state index in [1.165, 1.54) is 16.1 Å². The van der Waals surface area contributed by atoms with E-state index in [0.29, 0.717) is 23.5 Å². The minimum Gasteiger partial charge on any atom is -0.459 e. The first-order valence-electron chi connectivity index (χ1n) is 9.08. The van der Waals surface area contributed by atoms with E-state index in [4.69, 9.17) is 9.15 Å². The normalized spacial score (nSPS) is 11.2. The Kier molecular flexibility index (Phi) is 5.22. The number of hydrogen-bond acceptors (Lipinski definition) is 8. The summed E-state index contributed by atoms with van der Waals surface area (Å²) in [5, 5.41) is 15.4. The second kappa shape index (κ2) is 7.96. The molecule has 0 aliphatic rings. The van der Waals surface area contributed by atoms with Crippen molar-refractivity contribution in [3.05, 3.63) is 58.8 Å². The fourth-order valence-electron chi connectivity index (χ4n) is 2.68. The molecule has 0 amide bonds. The Morgan fingerprint density at radius 3 is 2.90 bits per heavy atom. The van der Waals surface area contributed by atoms with Gasteiger partial charge < -0.3 is 9.15 Å². The summed E-state index contributed by atoms with van der Waals surface area (Å²) in [4.78, 5) is 18.2. The zero-order valence-corrected chi connectivity index (χ0v) is 17.0. The Morgan fingerprint density at radius 1 is 1.28 bits per heavy atom. The van der Waals surface area contributed by atoms with Crippen molar-refractivity contribution in [1.82, 2.24) is 25.2 Å². The van der Waals surface area contributed by atoms with E-state index in [1.54, 1.807) is 18.2 Å². The van der Waals surface area contributed by atoms with E-state index in [2.05, 4.69) is 20.4 Å². The van der Waals surface area contributed by atoms with Gasteiger partial charge in [0.05, 0.1) is 17.4 Å². The van der Waals surface area contributed by atoms with E-state index in [1.807, 2.05) is 44.4 Å². The molecule has 0 aliphatic carbocycles. The second-order valence-electron chi connectivity index (χ2n) is 6.73. The smallest absolute Gasteiger partial charge is 0.338 e. The van der Waals surface area contributed by atoms with Gasteiger partial charge >= 0.3 is 5.97 Å². The van der Waals surface area contributed by atoms with E-state index < -0.39 is 0 Å². The van der Waals surface area contributed by atoms with Crippen LogP contribution in [0.5, 0.6) is 0 Å². The number of esters is 1. The summed E-state index contributed by atoms with van der Waals surface area (Å²) in [6.45, 7) is 5.91. The van der Waals surface area contributed by atoms with Crippen LogP contribution >= 0.6 is 11.3 Å². The van der Waals surface area contributed by atoms with Gasteiger partial charge in [-0.15, -0.1) is 21.5 Å². The molecule has 0 saturated heterocycles. The van der Waals surface area contributed by atoms with Crippen LogP contribution in [-0.2, 0) is 11.3 Å². The molecule has 1 aromatic carbocycles. The Morgan fingerprint density at radius 2 is 2.14 bits per heavy atom. The first-order chi connectivity index (χ1) is 14.0. The average molecular weight is 409 g/mol. The van der Waals surface area contributed by atoms with E-state index in [9.17, 15) is 4.79 Å². The summed E-state index contributed by atoms with van der Waals surface area (Å²) < 4.78 is 10.8. The maximum Gasteiger partial charge on any atom is 0.338 e. The van der Waals surface area contributed by atoms with Gasteiger partial charge in [-0.05, 0) is 50.3 Å². The van der Waals surface area contributed by atoms with E-state index in [-0.39, 0.29) is 12.1 Å². The van der Waals surface area contributed by atoms with Crippen molar-refractivity contribution in [1.29, 1.82) is 0 Å². The third-order valence-electron chi connectivity index (χ3n) is 3.96. The van der Waals surface area contributed by atoms with Crippen LogP contribution in [0.1, 0.15) is 35.7 Å². The summed E-state index contributed by atoms with van der Waals surface area (Å²) in [5.41, 5.74) is 1.96. The molecule has 0 saturated carbocycles. The summed E-state index contributed by atoms with van der Waals surface area (Å²) >= 11 is 1.50. The Bertz CT molecular complexity index is 1140. The van der Waals surface area contributed by atoms with Crippen LogP contribution in [0.15, 0.2) is 46.2 Å². The quantitative estimate of drug-likeness (QED) is 0.444. The molecule has 0 unspecified atom stereocenters. The molecule has 9 heteroatoms. The lowest BCUT2D eigenvalue weighted by Gasteiger charge is -2.08. The van der Waals surface area contributed by atoms with Crippen molar-refractivity contribution in [2.45, 2.75) is 33.4 Å². The third kappa shape index (κ3) is 4.40. The highest BCUT2D eigenvalue weighted by molar-refractivity contribution is 7.13. The zero-order valence-electron chi connectivity index (χ0n) is 16.2. The molecular formula is C20H19N5O3S. The van der Waals surface area contributed by atoms with Gasteiger partial charge in [0, 0.05) is 10.9 Å². The van der Waals surface area contributed by atoms with Crippen LogP contribution in [-0.4, -0.2) is 37.3 Å². The number of thiazole rings is 1. The van der Waals surface area contributed by atoms with Gasteiger partial charge in [0.25, 0.3) is 0 Å². The number of aromatic nitrogens is 5. The number of rotatable bonds is 6. The molecule has 0 bridgehead atoms. The van der Waals surface area contributed by atoms with Crippen LogP contribution in [0, 0.1) is 6.92 Å². The van der Waals surface area contributed by atoms with Gasteiger partial charge in [-0.25, -0.2) is 9.78 Å². The molecule has 29 heavy (non-hydrogen) atoms. The first-order valence-corrected chi connectivity index (χ1v) is 9.96. The molecule has 3 heterocycles. The SMILES string of the molecule is Cc1ccc(-c2nc(Cn3nnc(-c4cccc(C(=O)OC(C)C)c4)n3)cs2)o1. The number of tetrazole rings is 1. The molecule has 0 atom stereocenters. The van der Waals surface area contributed by atoms with Gasteiger partial charge in [-0.2, -0.15) is 4.80 Å². The minimum atomic E-state index is -0.377. The molecular weight excluding hydrogens is 390 g/mol. The monoisotopic (exact) mass is 409 g/mol. The summed E-state index contributed by atoms with van der Waals surface area (Å²) in [5.74, 6) is 1.65. The molecule has 4 aromatic rings. The number of carbonyl (C=O) groups is 1. The lowest BCUT2D eigenvalue weighted by molar-refractivity contribution is 0.0378. The number of aryl methyl sites for hydroxylation is 1. The van der Waals surface area contributed by atoms with Gasteiger partial charge in [-0.3, -0.25) is 0 Å². The highest BCUT2D eigenvalue weighted by Crippen LogP contribution is 2.26. The number of nitrogens with zero attached hydrogens (tertiary/aromatic N) is 5. The van der Waals surface area contributed by atoms with Crippen molar-refractivity contribution < 1.29 is 13.9 Å². The maximum absolute atomic E-state index is 12.1. The Hall–Kier alpha value is -3.33. The van der Waals surface area contributed by atoms with Gasteiger partial charge in [0.1, 0.15) is 12.3 Å². The number of hydrogen-bond donors (Lipinski definition) is 0. The maximum atomic E-state index is 12.1. The molecule has 4 rings (SSSR count). The van der Waals surface area contributed by atoms with Crippen molar-refractivity contribution in [2.24, 2.45) is 0 Å².